The van der Waals surface area contributed by atoms with Gasteiger partial charge in [-0.1, -0.05) is 12.1 Å². The molecular weight excluding hydrogens is 371 g/mol. The predicted octanol–water partition coefficient (Wildman–Crippen LogP) is 2.48. The van der Waals surface area contributed by atoms with Gasteiger partial charge in [-0.25, -0.2) is 14.4 Å². The standard InChI is InChI=1S/C21H23FN6O/c1-14-20(15(2)26(3)25-14)18-8-9-23-21(24-18)28-11-10-27(19(29)13-28)12-16-4-6-17(22)7-5-16/h4-9H,10-13H2,1-3H3. The summed E-state index contributed by atoms with van der Waals surface area (Å²) in [6.45, 7) is 5.87. The predicted molar refractivity (Wildman–Crippen MR) is 108 cm³/mol. The number of nitrogens with zero attached hydrogens (tertiary/aromatic N) is 6. The highest BCUT2D eigenvalue weighted by Crippen LogP contribution is 2.26. The van der Waals surface area contributed by atoms with Crippen molar-refractivity contribution in [1.29, 1.82) is 0 Å². The Bertz CT molecular complexity index is 1050. The summed E-state index contributed by atoms with van der Waals surface area (Å²) in [5.74, 6) is 0.268. The van der Waals surface area contributed by atoms with E-state index in [1.807, 2.05) is 36.5 Å². The Balaban J connectivity index is 1.49. The molecule has 0 bridgehead atoms. The SMILES string of the molecule is Cc1nn(C)c(C)c1-c1ccnc(N2CCN(Cc3ccc(F)cc3)C(=O)C2)n1. The molecule has 0 atom stereocenters. The Hall–Kier alpha value is -3.29. The van der Waals surface area contributed by atoms with Crippen LogP contribution in [0.3, 0.4) is 0 Å². The Morgan fingerprint density at radius 1 is 1.10 bits per heavy atom. The van der Waals surface area contributed by atoms with Crippen LogP contribution in [0.15, 0.2) is 36.5 Å². The number of aromatic nitrogens is 4. The van der Waals surface area contributed by atoms with Crippen LogP contribution in [-0.2, 0) is 18.4 Å². The van der Waals surface area contributed by atoms with Crippen LogP contribution in [0.5, 0.6) is 0 Å². The highest BCUT2D eigenvalue weighted by Gasteiger charge is 2.26. The largest absolute Gasteiger partial charge is 0.335 e. The van der Waals surface area contributed by atoms with E-state index < -0.39 is 0 Å². The fraction of sp³-hybridized carbons (Fsp3) is 0.333. The molecule has 1 aliphatic rings. The molecule has 4 rings (SSSR count). The van der Waals surface area contributed by atoms with Crippen LogP contribution < -0.4 is 4.90 Å². The van der Waals surface area contributed by atoms with Crippen LogP contribution in [0.25, 0.3) is 11.3 Å². The van der Waals surface area contributed by atoms with E-state index in [0.717, 1.165) is 28.2 Å². The summed E-state index contributed by atoms with van der Waals surface area (Å²) in [6.07, 6.45) is 1.72. The smallest absolute Gasteiger partial charge is 0.242 e. The van der Waals surface area contributed by atoms with E-state index in [-0.39, 0.29) is 18.3 Å². The molecule has 1 aromatic carbocycles. The molecule has 3 heterocycles. The number of halogens is 1. The van der Waals surface area contributed by atoms with Crippen LogP contribution in [0.2, 0.25) is 0 Å². The van der Waals surface area contributed by atoms with Gasteiger partial charge in [-0.05, 0) is 37.6 Å². The fourth-order valence-electron chi connectivity index (χ4n) is 3.64. The van der Waals surface area contributed by atoms with E-state index in [2.05, 4.69) is 10.1 Å². The van der Waals surface area contributed by atoms with Crippen LogP contribution in [0, 0.1) is 19.7 Å². The van der Waals surface area contributed by atoms with Crippen molar-refractivity contribution in [2.45, 2.75) is 20.4 Å². The third-order valence-corrected chi connectivity index (χ3v) is 5.30. The average Bonchev–Trinajstić information content (AvgIpc) is 2.97. The molecule has 3 aromatic rings. The fourth-order valence-corrected chi connectivity index (χ4v) is 3.64. The molecule has 1 saturated heterocycles. The van der Waals surface area contributed by atoms with Gasteiger partial charge >= 0.3 is 0 Å². The molecule has 150 valence electrons. The van der Waals surface area contributed by atoms with E-state index in [9.17, 15) is 9.18 Å². The second-order valence-electron chi connectivity index (χ2n) is 7.27. The molecule has 0 saturated carbocycles. The maximum Gasteiger partial charge on any atom is 0.242 e. The van der Waals surface area contributed by atoms with Gasteiger partial charge in [0.05, 0.1) is 11.4 Å². The first-order valence-electron chi connectivity index (χ1n) is 9.53. The number of carbonyl (C=O) groups is 1. The molecule has 1 aliphatic heterocycles. The first-order valence-corrected chi connectivity index (χ1v) is 9.53. The highest BCUT2D eigenvalue weighted by molar-refractivity contribution is 5.82. The number of hydrogen-bond acceptors (Lipinski definition) is 5. The van der Waals surface area contributed by atoms with Gasteiger partial charge < -0.3 is 9.80 Å². The number of anilines is 1. The van der Waals surface area contributed by atoms with Gasteiger partial charge in [-0.15, -0.1) is 0 Å². The number of carbonyl (C=O) groups excluding carboxylic acids is 1. The summed E-state index contributed by atoms with van der Waals surface area (Å²) in [4.78, 5) is 25.4. The van der Waals surface area contributed by atoms with Crippen molar-refractivity contribution < 1.29 is 9.18 Å². The zero-order chi connectivity index (χ0) is 20.5. The molecule has 8 heteroatoms. The molecule has 0 spiro atoms. The number of aryl methyl sites for hydroxylation is 2. The van der Waals surface area contributed by atoms with Gasteiger partial charge in [0.1, 0.15) is 12.4 Å². The first-order chi connectivity index (χ1) is 13.9. The lowest BCUT2D eigenvalue weighted by Gasteiger charge is -2.34. The second kappa shape index (κ2) is 7.62. The summed E-state index contributed by atoms with van der Waals surface area (Å²) in [5, 5.41) is 4.45. The second-order valence-corrected chi connectivity index (χ2v) is 7.27. The topological polar surface area (TPSA) is 67.2 Å². The van der Waals surface area contributed by atoms with Crippen molar-refractivity contribution in [1.82, 2.24) is 24.6 Å². The van der Waals surface area contributed by atoms with Crippen molar-refractivity contribution in [2.24, 2.45) is 7.05 Å². The highest BCUT2D eigenvalue weighted by atomic mass is 19.1. The lowest BCUT2D eigenvalue weighted by atomic mass is 10.1. The van der Waals surface area contributed by atoms with E-state index in [1.54, 1.807) is 23.2 Å². The quantitative estimate of drug-likeness (QED) is 0.680. The van der Waals surface area contributed by atoms with Crippen molar-refractivity contribution in [3.63, 3.8) is 0 Å². The Morgan fingerprint density at radius 3 is 2.52 bits per heavy atom. The lowest BCUT2D eigenvalue weighted by Crippen LogP contribution is -2.50. The van der Waals surface area contributed by atoms with E-state index in [1.165, 1.54) is 12.1 Å². The minimum atomic E-state index is -0.277. The number of benzene rings is 1. The summed E-state index contributed by atoms with van der Waals surface area (Å²) in [6, 6.07) is 8.11. The molecule has 29 heavy (non-hydrogen) atoms. The number of rotatable bonds is 4. The molecule has 0 radical (unpaired) electrons. The molecule has 1 fully saturated rings. The minimum absolute atomic E-state index is 0.00307. The molecule has 0 unspecified atom stereocenters. The van der Waals surface area contributed by atoms with Gasteiger partial charge in [0.15, 0.2) is 0 Å². The van der Waals surface area contributed by atoms with Crippen LogP contribution >= 0.6 is 0 Å². The molecule has 2 aromatic heterocycles. The number of hydrogen-bond donors (Lipinski definition) is 0. The van der Waals surface area contributed by atoms with Crippen LogP contribution in [0.1, 0.15) is 17.0 Å². The lowest BCUT2D eigenvalue weighted by molar-refractivity contribution is -0.131. The zero-order valence-corrected chi connectivity index (χ0v) is 16.8. The van der Waals surface area contributed by atoms with E-state index >= 15 is 0 Å². The Kier molecular flexibility index (Phi) is 5.00. The molecule has 7 nitrogen and oxygen atoms in total. The third kappa shape index (κ3) is 3.83. The van der Waals surface area contributed by atoms with Crippen molar-refractivity contribution >= 4 is 11.9 Å². The molecular formula is C21H23FN6O. The summed E-state index contributed by atoms with van der Waals surface area (Å²) in [7, 11) is 1.91. The van der Waals surface area contributed by atoms with Gasteiger partial charge in [-0.3, -0.25) is 9.48 Å². The third-order valence-electron chi connectivity index (χ3n) is 5.30. The monoisotopic (exact) mass is 394 g/mol. The number of amides is 1. The average molecular weight is 394 g/mol. The molecule has 0 aliphatic carbocycles. The summed E-state index contributed by atoms with van der Waals surface area (Å²) >= 11 is 0. The normalized spacial score (nSPS) is 14.6. The van der Waals surface area contributed by atoms with Gasteiger partial charge in [-0.2, -0.15) is 5.10 Å². The Labute approximate surface area is 168 Å². The van der Waals surface area contributed by atoms with E-state index in [0.29, 0.717) is 25.6 Å². The maximum absolute atomic E-state index is 13.1. The maximum atomic E-state index is 13.1. The van der Waals surface area contributed by atoms with Gasteiger partial charge in [0, 0.05) is 44.1 Å². The van der Waals surface area contributed by atoms with Gasteiger partial charge in [0.2, 0.25) is 11.9 Å². The summed E-state index contributed by atoms with van der Waals surface area (Å²) < 4.78 is 14.9. The van der Waals surface area contributed by atoms with Crippen LogP contribution in [-0.4, -0.2) is 50.2 Å². The molecule has 1 amide bonds. The number of piperazine rings is 1. The minimum Gasteiger partial charge on any atom is -0.335 e. The zero-order valence-electron chi connectivity index (χ0n) is 16.8. The van der Waals surface area contributed by atoms with Crippen LogP contribution in [0.4, 0.5) is 10.3 Å². The first kappa shape index (κ1) is 19.0. The summed E-state index contributed by atoms with van der Waals surface area (Å²) in [5.41, 5.74) is 4.66. The van der Waals surface area contributed by atoms with Crippen molar-refractivity contribution in [3.05, 3.63) is 59.3 Å². The van der Waals surface area contributed by atoms with E-state index in [4.69, 9.17) is 4.98 Å². The van der Waals surface area contributed by atoms with Gasteiger partial charge in [0.25, 0.3) is 0 Å². The Morgan fingerprint density at radius 2 is 1.86 bits per heavy atom. The van der Waals surface area contributed by atoms with Crippen molar-refractivity contribution in [3.8, 4) is 11.3 Å². The van der Waals surface area contributed by atoms with Crippen molar-refractivity contribution in [2.75, 3.05) is 24.5 Å². The molecule has 0 N–H and O–H groups in total.